The lowest BCUT2D eigenvalue weighted by molar-refractivity contribution is -0.137. The molecule has 16 nitrogen and oxygen atoms in total. The van der Waals surface area contributed by atoms with E-state index < -0.39 is 12.0 Å². The number of nitrogens with one attached hydrogen (secondary N) is 2. The molecule has 9 rings (SSSR count). The first-order valence-corrected chi connectivity index (χ1v) is 19.0. The van der Waals surface area contributed by atoms with E-state index in [1.807, 2.05) is 24.0 Å². The minimum Gasteiger partial charge on any atom is -0.444 e. The molecule has 3 atom stereocenters. The first kappa shape index (κ1) is 35.3. The Balaban J connectivity index is 0.892. The maximum atomic E-state index is 13.5. The average molecular weight is 765 g/mol. The molecule has 3 amide bonds. The maximum absolute atomic E-state index is 13.5. The van der Waals surface area contributed by atoms with E-state index in [0.717, 1.165) is 30.9 Å². The fourth-order valence-electron chi connectivity index (χ4n) is 7.92. The van der Waals surface area contributed by atoms with Crippen molar-refractivity contribution >= 4 is 59.1 Å². The monoisotopic (exact) mass is 764 g/mol. The third kappa shape index (κ3) is 6.92. The molecule has 5 aromatic rings. The van der Waals surface area contributed by atoms with Gasteiger partial charge < -0.3 is 29.1 Å². The highest BCUT2D eigenvalue weighted by molar-refractivity contribution is 7.80. The van der Waals surface area contributed by atoms with Crippen LogP contribution in [0.1, 0.15) is 57.5 Å². The first-order valence-electron chi connectivity index (χ1n) is 18.5. The zero-order chi connectivity index (χ0) is 37.8. The van der Waals surface area contributed by atoms with Crippen molar-refractivity contribution in [2.45, 2.75) is 56.8 Å². The van der Waals surface area contributed by atoms with Crippen LogP contribution in [0, 0.1) is 6.92 Å². The predicted octanol–water partition coefficient (Wildman–Crippen LogP) is 3.28. The zero-order valence-electron chi connectivity index (χ0n) is 30.1. The molecule has 8 heterocycles. The molecule has 0 saturated carbocycles. The molecule has 4 aliphatic rings. The standard InChI is InChI=1S/C38H40N10O6S/c1-21-15-22(7-9-39-21)36-41-28(20-53-36)34(51)40-27-16-30-32(43-33(27)47-10-8-24(49)18-47)44-38(54-30)46-13-11-45(12-14-46)17-23-3-2-4-25-26(23)19-48(37(25)55)29-5-6-31(50)42-35(29)52/h2-4,7,9,15-16,20,24,29,37,49,55H,5-6,8,10-14,17-19H2,1H3,(H,40,51)(H,42,50,52)/t24-,29?,37?/m1/s1. The molecule has 4 aliphatic heterocycles. The smallest absolute Gasteiger partial charge is 0.300 e. The number of aliphatic hydroxyl groups is 1. The number of aliphatic hydroxyl groups excluding tert-OH is 1. The summed E-state index contributed by atoms with van der Waals surface area (Å²) in [5.74, 6) is -0.150. The normalized spacial score (nSPS) is 22.1. The number of carbonyl (C=O) groups is 3. The Hall–Kier alpha value is -5.36. The van der Waals surface area contributed by atoms with E-state index in [1.165, 1.54) is 17.4 Å². The van der Waals surface area contributed by atoms with Crippen LogP contribution in [-0.4, -0.2) is 104 Å². The van der Waals surface area contributed by atoms with Gasteiger partial charge in [0.1, 0.15) is 6.26 Å². The van der Waals surface area contributed by atoms with E-state index in [9.17, 15) is 19.5 Å². The molecular weight excluding hydrogens is 725 g/mol. The lowest BCUT2D eigenvalue weighted by atomic mass is 10.0. The van der Waals surface area contributed by atoms with Crippen molar-refractivity contribution < 1.29 is 28.3 Å². The van der Waals surface area contributed by atoms with Crippen LogP contribution in [0.5, 0.6) is 0 Å². The van der Waals surface area contributed by atoms with Crippen LogP contribution in [0.3, 0.4) is 0 Å². The fourth-order valence-corrected chi connectivity index (χ4v) is 8.41. The largest absolute Gasteiger partial charge is 0.444 e. The molecular formula is C38H40N10O6S. The number of rotatable bonds is 8. The van der Waals surface area contributed by atoms with Gasteiger partial charge in [0.25, 0.3) is 11.9 Å². The molecule has 0 bridgehead atoms. The van der Waals surface area contributed by atoms with Gasteiger partial charge in [0.15, 0.2) is 17.1 Å². The number of hydrogen-bond donors (Lipinski definition) is 4. The van der Waals surface area contributed by atoms with Crippen LogP contribution >= 0.6 is 12.6 Å². The molecule has 0 radical (unpaired) electrons. The Morgan fingerprint density at radius 1 is 1.05 bits per heavy atom. The number of nitrogens with zero attached hydrogens (tertiary/aromatic N) is 8. The number of pyridine rings is 2. The van der Waals surface area contributed by atoms with Crippen molar-refractivity contribution in [1.82, 2.24) is 35.1 Å². The Morgan fingerprint density at radius 2 is 1.91 bits per heavy atom. The van der Waals surface area contributed by atoms with Gasteiger partial charge in [-0.3, -0.25) is 34.5 Å². The summed E-state index contributed by atoms with van der Waals surface area (Å²) in [4.78, 5) is 64.6. The van der Waals surface area contributed by atoms with Gasteiger partial charge in [-0.25, -0.2) is 9.97 Å². The Kier molecular flexibility index (Phi) is 9.24. The van der Waals surface area contributed by atoms with Crippen molar-refractivity contribution in [1.29, 1.82) is 0 Å². The lowest BCUT2D eigenvalue weighted by Crippen LogP contribution is -2.51. The molecule has 55 heavy (non-hydrogen) atoms. The minimum absolute atomic E-state index is 0.102. The molecule has 0 aliphatic carbocycles. The molecule has 3 fully saturated rings. The molecule has 4 aromatic heterocycles. The number of thiol groups is 1. The maximum Gasteiger partial charge on any atom is 0.300 e. The first-order chi connectivity index (χ1) is 26.7. The minimum atomic E-state index is -0.507. The summed E-state index contributed by atoms with van der Waals surface area (Å²) in [6.45, 7) is 7.07. The van der Waals surface area contributed by atoms with Crippen LogP contribution in [0.4, 0.5) is 17.5 Å². The Bertz CT molecular complexity index is 2300. The number of piperazine rings is 1. The van der Waals surface area contributed by atoms with E-state index in [4.69, 9.17) is 31.4 Å². The summed E-state index contributed by atoms with van der Waals surface area (Å²) in [6.07, 6.45) is 3.87. The summed E-state index contributed by atoms with van der Waals surface area (Å²) < 4.78 is 11.9. The SMILES string of the molecule is Cc1cc(-c2nc(C(=O)Nc3cc4oc(N5CCN(Cc6cccc7c6CN(C6CCC(=O)NC6=O)C7S)CC5)nc4nc3N3CC[C@@H](O)C3)co2)ccn1. The number of carbonyl (C=O) groups excluding carboxylic acids is 3. The van der Waals surface area contributed by atoms with E-state index in [-0.39, 0.29) is 28.9 Å². The number of fused-ring (bicyclic) bond motifs is 2. The van der Waals surface area contributed by atoms with E-state index >= 15 is 0 Å². The number of aryl methyl sites for hydroxylation is 1. The van der Waals surface area contributed by atoms with Crippen molar-refractivity contribution in [3.05, 3.63) is 76.9 Å². The summed E-state index contributed by atoms with van der Waals surface area (Å²) >= 11 is 4.89. The highest BCUT2D eigenvalue weighted by Crippen LogP contribution is 2.41. The van der Waals surface area contributed by atoms with Crippen molar-refractivity contribution in [2.24, 2.45) is 0 Å². The summed E-state index contributed by atoms with van der Waals surface area (Å²) in [7, 11) is 0. The van der Waals surface area contributed by atoms with Gasteiger partial charge in [0.2, 0.25) is 23.4 Å². The number of aromatic nitrogens is 4. The van der Waals surface area contributed by atoms with E-state index in [1.54, 1.807) is 18.3 Å². The van der Waals surface area contributed by atoms with Crippen LogP contribution < -0.4 is 20.4 Å². The Morgan fingerprint density at radius 3 is 2.69 bits per heavy atom. The second-order valence-corrected chi connectivity index (χ2v) is 15.0. The highest BCUT2D eigenvalue weighted by Gasteiger charge is 2.40. The van der Waals surface area contributed by atoms with Crippen LogP contribution in [0.2, 0.25) is 0 Å². The predicted molar refractivity (Wildman–Crippen MR) is 204 cm³/mol. The summed E-state index contributed by atoms with van der Waals surface area (Å²) in [6, 6.07) is 11.7. The van der Waals surface area contributed by atoms with Gasteiger partial charge >= 0.3 is 0 Å². The molecule has 284 valence electrons. The number of amides is 3. The van der Waals surface area contributed by atoms with Crippen molar-refractivity contribution in [2.75, 3.05) is 54.4 Å². The van der Waals surface area contributed by atoms with E-state index in [0.29, 0.717) is 92.2 Å². The second kappa shape index (κ2) is 14.4. The van der Waals surface area contributed by atoms with Gasteiger partial charge in [-0.2, -0.15) is 17.6 Å². The number of oxazole rings is 2. The van der Waals surface area contributed by atoms with Crippen molar-refractivity contribution in [3.8, 4) is 11.5 Å². The Labute approximate surface area is 321 Å². The highest BCUT2D eigenvalue weighted by atomic mass is 32.1. The number of anilines is 3. The second-order valence-electron chi connectivity index (χ2n) is 14.5. The van der Waals surface area contributed by atoms with Crippen LogP contribution in [-0.2, 0) is 22.7 Å². The average Bonchev–Trinajstić information content (AvgIpc) is 3.99. The number of imide groups is 1. The third-order valence-electron chi connectivity index (χ3n) is 10.8. The number of benzene rings is 1. The zero-order valence-corrected chi connectivity index (χ0v) is 31.0. The molecule has 3 N–H and O–H groups in total. The summed E-state index contributed by atoms with van der Waals surface area (Å²) in [5, 5.41) is 15.5. The van der Waals surface area contributed by atoms with Gasteiger partial charge in [0.05, 0.1) is 23.2 Å². The van der Waals surface area contributed by atoms with Crippen LogP contribution in [0.15, 0.2) is 57.7 Å². The summed E-state index contributed by atoms with van der Waals surface area (Å²) in [5.41, 5.74) is 6.36. The third-order valence-corrected chi connectivity index (χ3v) is 11.4. The van der Waals surface area contributed by atoms with Gasteiger partial charge in [-0.05, 0) is 48.6 Å². The number of β-amino-alcohol motifs (C(OH)–C–C–N with tert-alkyl or cyclic N) is 1. The van der Waals surface area contributed by atoms with Crippen molar-refractivity contribution in [3.63, 3.8) is 0 Å². The molecule has 17 heteroatoms. The van der Waals surface area contributed by atoms with E-state index in [2.05, 4.69) is 47.4 Å². The van der Waals surface area contributed by atoms with Gasteiger partial charge in [0, 0.05) is 82.3 Å². The number of piperidine rings is 1. The van der Waals surface area contributed by atoms with Crippen LogP contribution in [0.25, 0.3) is 22.7 Å². The number of hydrogen-bond acceptors (Lipinski definition) is 15. The van der Waals surface area contributed by atoms with Gasteiger partial charge in [-0.1, -0.05) is 18.2 Å². The van der Waals surface area contributed by atoms with Gasteiger partial charge in [-0.15, -0.1) is 0 Å². The molecule has 2 unspecified atom stereocenters. The topological polar surface area (TPSA) is 186 Å². The lowest BCUT2D eigenvalue weighted by Gasteiger charge is -2.34. The molecule has 0 spiro atoms. The fraction of sp³-hybridized carbons (Fsp3) is 0.395. The molecule has 3 saturated heterocycles. The quantitative estimate of drug-likeness (QED) is 0.133. The molecule has 1 aromatic carbocycles.